The first-order valence-corrected chi connectivity index (χ1v) is 8.10. The fraction of sp³-hybridized carbons (Fsp3) is 0.0526. The third kappa shape index (κ3) is 4.15. The highest BCUT2D eigenvalue weighted by Gasteiger charge is 2.11. The number of halogens is 1. The van der Waals surface area contributed by atoms with E-state index in [-0.39, 0.29) is 11.6 Å². The zero-order valence-electron chi connectivity index (χ0n) is 13.8. The Bertz CT molecular complexity index is 1010. The van der Waals surface area contributed by atoms with Gasteiger partial charge in [-0.1, -0.05) is 17.7 Å². The maximum atomic E-state index is 12.5. The number of anilines is 3. The van der Waals surface area contributed by atoms with E-state index in [0.717, 1.165) is 5.56 Å². The summed E-state index contributed by atoms with van der Waals surface area (Å²) < 4.78 is 0. The SMILES string of the molecule is Cc1cc(Cl)ccc1NC(=O)c1cc(Nc2cccc(C#N)c2)ncn1. The van der Waals surface area contributed by atoms with Crippen molar-refractivity contribution < 1.29 is 4.79 Å². The number of nitrogens with zero attached hydrogens (tertiary/aromatic N) is 3. The van der Waals surface area contributed by atoms with Crippen LogP contribution in [-0.2, 0) is 0 Å². The molecule has 0 saturated heterocycles. The van der Waals surface area contributed by atoms with Crippen molar-refractivity contribution in [3.63, 3.8) is 0 Å². The van der Waals surface area contributed by atoms with Gasteiger partial charge >= 0.3 is 0 Å². The van der Waals surface area contributed by atoms with E-state index >= 15 is 0 Å². The second kappa shape index (κ2) is 7.64. The molecule has 0 unspecified atom stereocenters. The number of benzene rings is 2. The molecule has 0 aliphatic carbocycles. The Balaban J connectivity index is 1.78. The van der Waals surface area contributed by atoms with Gasteiger partial charge in [0.2, 0.25) is 0 Å². The van der Waals surface area contributed by atoms with Gasteiger partial charge in [0.25, 0.3) is 5.91 Å². The third-order valence-electron chi connectivity index (χ3n) is 3.60. The van der Waals surface area contributed by atoms with Crippen LogP contribution in [0.2, 0.25) is 5.02 Å². The van der Waals surface area contributed by atoms with Gasteiger partial charge in [0, 0.05) is 22.5 Å². The van der Waals surface area contributed by atoms with E-state index in [1.807, 2.05) is 6.92 Å². The zero-order valence-corrected chi connectivity index (χ0v) is 14.6. The summed E-state index contributed by atoms with van der Waals surface area (Å²) in [7, 11) is 0. The lowest BCUT2D eigenvalue weighted by Crippen LogP contribution is -2.15. The first-order chi connectivity index (χ1) is 12.5. The van der Waals surface area contributed by atoms with Crippen molar-refractivity contribution in [3.05, 3.63) is 76.7 Å². The number of carbonyl (C=O) groups is 1. The van der Waals surface area contributed by atoms with Crippen LogP contribution in [0.25, 0.3) is 0 Å². The lowest BCUT2D eigenvalue weighted by atomic mass is 10.2. The van der Waals surface area contributed by atoms with Crippen molar-refractivity contribution in [1.29, 1.82) is 5.26 Å². The van der Waals surface area contributed by atoms with Crippen LogP contribution in [0.4, 0.5) is 17.2 Å². The number of amides is 1. The van der Waals surface area contributed by atoms with Crippen LogP contribution >= 0.6 is 11.6 Å². The molecule has 0 aliphatic heterocycles. The van der Waals surface area contributed by atoms with Gasteiger partial charge in [-0.2, -0.15) is 5.26 Å². The average molecular weight is 364 g/mol. The van der Waals surface area contributed by atoms with E-state index in [4.69, 9.17) is 16.9 Å². The van der Waals surface area contributed by atoms with E-state index in [2.05, 4.69) is 26.7 Å². The molecule has 0 radical (unpaired) electrons. The molecule has 2 N–H and O–H groups in total. The normalized spacial score (nSPS) is 10.0. The minimum absolute atomic E-state index is 0.216. The fourth-order valence-electron chi connectivity index (χ4n) is 2.32. The molecule has 0 aliphatic rings. The molecule has 1 heterocycles. The summed E-state index contributed by atoms with van der Waals surface area (Å²) in [6.45, 7) is 1.86. The molecule has 1 aromatic heterocycles. The Hall–Kier alpha value is -3.43. The standard InChI is InChI=1S/C19H14ClN5O/c1-12-7-14(20)5-6-16(12)25-19(26)17-9-18(23-11-22-17)24-15-4-2-3-13(8-15)10-21/h2-9,11H,1H3,(H,25,26)(H,22,23,24). The number of rotatable bonds is 4. The van der Waals surface area contributed by atoms with Gasteiger partial charge in [0.05, 0.1) is 11.6 Å². The predicted octanol–water partition coefficient (Wildman–Crippen LogP) is 4.31. The number of nitrogens with one attached hydrogen (secondary N) is 2. The topological polar surface area (TPSA) is 90.7 Å². The van der Waals surface area contributed by atoms with Crippen LogP contribution < -0.4 is 10.6 Å². The van der Waals surface area contributed by atoms with Gasteiger partial charge in [-0.05, 0) is 48.9 Å². The molecular weight excluding hydrogens is 350 g/mol. The van der Waals surface area contributed by atoms with Gasteiger partial charge < -0.3 is 10.6 Å². The van der Waals surface area contributed by atoms with Gasteiger partial charge in [-0.15, -0.1) is 0 Å². The molecule has 7 heteroatoms. The van der Waals surface area contributed by atoms with Crippen molar-refractivity contribution in [2.24, 2.45) is 0 Å². The van der Waals surface area contributed by atoms with Gasteiger partial charge in [-0.3, -0.25) is 4.79 Å². The molecule has 0 saturated carbocycles. The van der Waals surface area contributed by atoms with Crippen molar-refractivity contribution in [1.82, 2.24) is 9.97 Å². The molecule has 0 fully saturated rings. The number of carbonyl (C=O) groups excluding carboxylic acids is 1. The highest BCUT2D eigenvalue weighted by molar-refractivity contribution is 6.30. The number of hydrogen-bond donors (Lipinski definition) is 2. The van der Waals surface area contributed by atoms with E-state index < -0.39 is 0 Å². The van der Waals surface area contributed by atoms with Crippen molar-refractivity contribution in [3.8, 4) is 6.07 Å². The van der Waals surface area contributed by atoms with Gasteiger partial charge in [0.15, 0.2) is 0 Å². The summed E-state index contributed by atoms with van der Waals surface area (Å²) in [5.74, 6) is 0.0970. The van der Waals surface area contributed by atoms with Crippen LogP contribution in [0, 0.1) is 18.3 Å². The fourth-order valence-corrected chi connectivity index (χ4v) is 2.54. The van der Waals surface area contributed by atoms with E-state index in [0.29, 0.717) is 27.8 Å². The summed E-state index contributed by atoms with van der Waals surface area (Å²) in [6.07, 6.45) is 1.31. The zero-order chi connectivity index (χ0) is 18.5. The summed E-state index contributed by atoms with van der Waals surface area (Å²) >= 11 is 5.93. The minimum atomic E-state index is -0.355. The van der Waals surface area contributed by atoms with Crippen LogP contribution in [0.15, 0.2) is 54.9 Å². The van der Waals surface area contributed by atoms with Crippen molar-refractivity contribution in [2.75, 3.05) is 10.6 Å². The molecule has 6 nitrogen and oxygen atoms in total. The smallest absolute Gasteiger partial charge is 0.274 e. The second-order valence-electron chi connectivity index (χ2n) is 5.52. The Labute approximate surface area is 155 Å². The first-order valence-electron chi connectivity index (χ1n) is 7.72. The van der Waals surface area contributed by atoms with Crippen LogP contribution in [0.3, 0.4) is 0 Å². The van der Waals surface area contributed by atoms with Crippen LogP contribution in [0.5, 0.6) is 0 Å². The highest BCUT2D eigenvalue weighted by Crippen LogP contribution is 2.21. The molecule has 0 spiro atoms. The molecule has 128 valence electrons. The molecule has 3 aromatic rings. The van der Waals surface area contributed by atoms with E-state index in [1.54, 1.807) is 48.5 Å². The maximum absolute atomic E-state index is 12.5. The Morgan fingerprint density at radius 2 is 2.00 bits per heavy atom. The van der Waals surface area contributed by atoms with Gasteiger partial charge in [-0.25, -0.2) is 9.97 Å². The molecule has 0 atom stereocenters. The molecule has 3 rings (SSSR count). The lowest BCUT2D eigenvalue weighted by molar-refractivity contribution is 0.102. The van der Waals surface area contributed by atoms with Gasteiger partial charge in [0.1, 0.15) is 17.8 Å². The van der Waals surface area contributed by atoms with Crippen molar-refractivity contribution >= 4 is 34.7 Å². The quantitative estimate of drug-likeness (QED) is 0.720. The lowest BCUT2D eigenvalue weighted by Gasteiger charge is -2.10. The van der Waals surface area contributed by atoms with E-state index in [9.17, 15) is 4.79 Å². The Morgan fingerprint density at radius 1 is 1.15 bits per heavy atom. The summed E-state index contributed by atoms with van der Waals surface area (Å²) in [6, 6.07) is 15.8. The monoisotopic (exact) mass is 363 g/mol. The van der Waals surface area contributed by atoms with E-state index in [1.165, 1.54) is 6.33 Å². The molecule has 0 bridgehead atoms. The first kappa shape index (κ1) is 17.4. The summed E-state index contributed by atoms with van der Waals surface area (Å²) in [4.78, 5) is 20.6. The molecular formula is C19H14ClN5O. The van der Waals surface area contributed by atoms with Crippen molar-refractivity contribution in [2.45, 2.75) is 6.92 Å². The Morgan fingerprint density at radius 3 is 2.77 bits per heavy atom. The predicted molar refractivity (Wildman–Crippen MR) is 101 cm³/mol. The van der Waals surface area contributed by atoms with Crippen LogP contribution in [-0.4, -0.2) is 15.9 Å². The second-order valence-corrected chi connectivity index (χ2v) is 5.96. The number of hydrogen-bond acceptors (Lipinski definition) is 5. The largest absolute Gasteiger partial charge is 0.340 e. The number of nitriles is 1. The van der Waals surface area contributed by atoms with Crippen LogP contribution in [0.1, 0.15) is 21.6 Å². The average Bonchev–Trinajstić information content (AvgIpc) is 2.64. The summed E-state index contributed by atoms with van der Waals surface area (Å²) in [5, 5.41) is 15.4. The minimum Gasteiger partial charge on any atom is -0.340 e. The molecule has 26 heavy (non-hydrogen) atoms. The highest BCUT2D eigenvalue weighted by atomic mass is 35.5. The Kier molecular flexibility index (Phi) is 5.11. The molecule has 2 aromatic carbocycles. The number of aryl methyl sites for hydroxylation is 1. The third-order valence-corrected chi connectivity index (χ3v) is 3.84. The maximum Gasteiger partial charge on any atom is 0.274 e. The molecule has 1 amide bonds. The summed E-state index contributed by atoms with van der Waals surface area (Å²) in [5.41, 5.74) is 2.96. The number of aromatic nitrogens is 2.